The van der Waals surface area contributed by atoms with Crippen LogP contribution in [0.2, 0.25) is 5.02 Å². The van der Waals surface area contributed by atoms with Crippen molar-refractivity contribution in [2.45, 2.75) is 32.9 Å². The highest BCUT2D eigenvalue weighted by atomic mass is 35.5. The second kappa shape index (κ2) is 6.03. The highest BCUT2D eigenvalue weighted by Crippen LogP contribution is 2.27. The van der Waals surface area contributed by atoms with Gasteiger partial charge in [0.05, 0.1) is 23.8 Å². The molecule has 0 atom stereocenters. The molecule has 1 saturated heterocycles. The number of nitrogens with one attached hydrogen (secondary N) is 2. The number of amides is 2. The number of carbonyl (C=O) groups excluding carboxylic acids is 2. The van der Waals surface area contributed by atoms with Crippen molar-refractivity contribution in [2.75, 3.05) is 18.0 Å². The van der Waals surface area contributed by atoms with Crippen LogP contribution in [0.4, 0.5) is 5.69 Å². The molecule has 0 saturated carbocycles. The average molecular weight is 310 g/mol. The van der Waals surface area contributed by atoms with E-state index in [1.165, 1.54) is 0 Å². The molecule has 2 N–H and O–H groups in total. The van der Waals surface area contributed by atoms with Crippen molar-refractivity contribution in [3.05, 3.63) is 28.8 Å². The Bertz CT molecular complexity index is 551. The fraction of sp³-hybridized carbons (Fsp3) is 0.467. The van der Waals surface area contributed by atoms with Gasteiger partial charge in [0.1, 0.15) is 0 Å². The van der Waals surface area contributed by atoms with Gasteiger partial charge >= 0.3 is 0 Å². The predicted molar refractivity (Wildman–Crippen MR) is 83.4 cm³/mol. The Kier molecular flexibility index (Phi) is 4.54. The van der Waals surface area contributed by atoms with Gasteiger partial charge < -0.3 is 10.2 Å². The van der Waals surface area contributed by atoms with E-state index in [1.807, 2.05) is 18.2 Å². The highest BCUT2D eigenvalue weighted by Gasteiger charge is 2.24. The maximum atomic E-state index is 11.4. The van der Waals surface area contributed by atoms with Gasteiger partial charge in [0.2, 0.25) is 11.8 Å². The Morgan fingerprint density at radius 2 is 1.86 bits per heavy atom. The molecule has 1 aliphatic heterocycles. The first-order valence-corrected chi connectivity index (χ1v) is 7.23. The van der Waals surface area contributed by atoms with Gasteiger partial charge in [0.25, 0.3) is 0 Å². The molecule has 21 heavy (non-hydrogen) atoms. The zero-order chi connectivity index (χ0) is 15.6. The van der Waals surface area contributed by atoms with Crippen molar-refractivity contribution in [3.63, 3.8) is 0 Å². The number of benzene rings is 1. The molecule has 114 valence electrons. The quantitative estimate of drug-likeness (QED) is 0.834. The Morgan fingerprint density at radius 3 is 2.38 bits per heavy atom. The molecule has 0 aromatic heterocycles. The number of piperazine rings is 1. The molecule has 0 bridgehead atoms. The van der Waals surface area contributed by atoms with Crippen molar-refractivity contribution in [3.8, 4) is 0 Å². The minimum absolute atomic E-state index is 0.0303. The van der Waals surface area contributed by atoms with Gasteiger partial charge in [0, 0.05) is 12.1 Å². The summed E-state index contributed by atoms with van der Waals surface area (Å²) in [7, 11) is 0. The summed E-state index contributed by atoms with van der Waals surface area (Å²) in [5, 5.41) is 6.21. The monoisotopic (exact) mass is 309 g/mol. The summed E-state index contributed by atoms with van der Waals surface area (Å²) in [6, 6.07) is 5.68. The molecule has 0 spiro atoms. The van der Waals surface area contributed by atoms with E-state index in [1.54, 1.807) is 4.90 Å². The summed E-state index contributed by atoms with van der Waals surface area (Å²) in [5.41, 5.74) is 1.80. The third-order valence-corrected chi connectivity index (χ3v) is 3.43. The molecule has 6 heteroatoms. The van der Waals surface area contributed by atoms with Crippen LogP contribution in [0.1, 0.15) is 26.3 Å². The van der Waals surface area contributed by atoms with E-state index < -0.39 is 0 Å². The van der Waals surface area contributed by atoms with Gasteiger partial charge in [-0.1, -0.05) is 17.7 Å². The molecule has 1 aromatic rings. The van der Waals surface area contributed by atoms with Crippen LogP contribution in [-0.2, 0) is 16.1 Å². The van der Waals surface area contributed by atoms with E-state index >= 15 is 0 Å². The SMILES string of the molecule is CC(C)(C)NCc1ccc(N2CC(=O)NC(=O)C2)c(Cl)c1. The molecule has 5 nitrogen and oxygen atoms in total. The zero-order valence-electron chi connectivity index (χ0n) is 12.5. The summed E-state index contributed by atoms with van der Waals surface area (Å²) in [5.74, 6) is -0.610. The Hall–Kier alpha value is -1.59. The van der Waals surface area contributed by atoms with E-state index in [4.69, 9.17) is 11.6 Å². The van der Waals surface area contributed by atoms with Crippen LogP contribution < -0.4 is 15.5 Å². The third kappa shape index (κ3) is 4.44. The van der Waals surface area contributed by atoms with Crippen LogP contribution in [0.25, 0.3) is 0 Å². The van der Waals surface area contributed by atoms with E-state index in [0.717, 1.165) is 5.56 Å². The van der Waals surface area contributed by atoms with Crippen LogP contribution >= 0.6 is 11.6 Å². The molecule has 1 fully saturated rings. The summed E-state index contributed by atoms with van der Waals surface area (Å²) in [6.45, 7) is 7.29. The lowest BCUT2D eigenvalue weighted by Crippen LogP contribution is -2.51. The summed E-state index contributed by atoms with van der Waals surface area (Å²) >= 11 is 6.30. The molecular formula is C15H20ClN3O2. The maximum absolute atomic E-state index is 11.4. The van der Waals surface area contributed by atoms with E-state index in [0.29, 0.717) is 17.3 Å². The standard InChI is InChI=1S/C15H20ClN3O2/c1-15(2,3)17-7-10-4-5-12(11(16)6-10)19-8-13(20)18-14(21)9-19/h4-6,17H,7-9H2,1-3H3,(H,18,20,21). The maximum Gasteiger partial charge on any atom is 0.246 e. The normalized spacial score (nSPS) is 16.1. The van der Waals surface area contributed by atoms with Crippen LogP contribution in [0.15, 0.2) is 18.2 Å². The highest BCUT2D eigenvalue weighted by molar-refractivity contribution is 6.33. The Labute approximate surface area is 129 Å². The minimum Gasteiger partial charge on any atom is -0.352 e. The van der Waals surface area contributed by atoms with Gasteiger partial charge in [0.15, 0.2) is 0 Å². The van der Waals surface area contributed by atoms with Gasteiger partial charge in [-0.25, -0.2) is 0 Å². The molecular weight excluding hydrogens is 290 g/mol. The van der Waals surface area contributed by atoms with Gasteiger partial charge in [-0.15, -0.1) is 0 Å². The van der Waals surface area contributed by atoms with Gasteiger partial charge in [-0.2, -0.15) is 0 Å². The van der Waals surface area contributed by atoms with Crippen LogP contribution in [0.5, 0.6) is 0 Å². The molecule has 2 amide bonds. The van der Waals surface area contributed by atoms with Gasteiger partial charge in [-0.3, -0.25) is 14.9 Å². The summed E-state index contributed by atoms with van der Waals surface area (Å²) in [4.78, 5) is 24.5. The summed E-state index contributed by atoms with van der Waals surface area (Å²) in [6.07, 6.45) is 0. The number of hydrogen-bond donors (Lipinski definition) is 2. The van der Waals surface area contributed by atoms with Crippen molar-refractivity contribution < 1.29 is 9.59 Å². The number of rotatable bonds is 3. The Balaban J connectivity index is 2.12. The van der Waals surface area contributed by atoms with Crippen LogP contribution in [0, 0.1) is 0 Å². The van der Waals surface area contributed by atoms with E-state index in [9.17, 15) is 9.59 Å². The largest absolute Gasteiger partial charge is 0.352 e. The van der Waals surface area contributed by atoms with Crippen LogP contribution in [0.3, 0.4) is 0 Å². The van der Waals surface area contributed by atoms with Crippen molar-refractivity contribution in [2.24, 2.45) is 0 Å². The lowest BCUT2D eigenvalue weighted by atomic mass is 10.1. The molecule has 0 aliphatic carbocycles. The van der Waals surface area contributed by atoms with Crippen molar-refractivity contribution in [1.29, 1.82) is 0 Å². The fourth-order valence-electron chi connectivity index (χ4n) is 2.09. The van der Waals surface area contributed by atoms with E-state index in [-0.39, 0.29) is 30.4 Å². The zero-order valence-corrected chi connectivity index (χ0v) is 13.3. The third-order valence-electron chi connectivity index (χ3n) is 3.12. The smallest absolute Gasteiger partial charge is 0.246 e. The fourth-order valence-corrected chi connectivity index (χ4v) is 2.41. The van der Waals surface area contributed by atoms with Crippen molar-refractivity contribution >= 4 is 29.1 Å². The molecule has 1 heterocycles. The lowest BCUT2D eigenvalue weighted by molar-refractivity contribution is -0.130. The number of carbonyl (C=O) groups is 2. The van der Waals surface area contributed by atoms with Crippen LogP contribution in [-0.4, -0.2) is 30.4 Å². The number of halogens is 1. The first-order valence-electron chi connectivity index (χ1n) is 6.86. The van der Waals surface area contributed by atoms with Crippen molar-refractivity contribution in [1.82, 2.24) is 10.6 Å². The molecule has 0 unspecified atom stereocenters. The summed E-state index contributed by atoms with van der Waals surface area (Å²) < 4.78 is 0. The predicted octanol–water partition coefficient (Wildman–Crippen LogP) is 1.69. The molecule has 2 rings (SSSR count). The first-order chi connectivity index (χ1) is 9.74. The Morgan fingerprint density at radius 1 is 1.24 bits per heavy atom. The van der Waals surface area contributed by atoms with E-state index in [2.05, 4.69) is 31.4 Å². The lowest BCUT2D eigenvalue weighted by Gasteiger charge is -2.28. The average Bonchev–Trinajstić information content (AvgIpc) is 2.34. The number of hydrogen-bond acceptors (Lipinski definition) is 4. The second-order valence-electron chi connectivity index (χ2n) is 6.22. The molecule has 0 radical (unpaired) electrons. The molecule has 1 aliphatic rings. The topological polar surface area (TPSA) is 61.4 Å². The van der Waals surface area contributed by atoms with Gasteiger partial charge in [-0.05, 0) is 38.5 Å². The number of anilines is 1. The minimum atomic E-state index is -0.305. The first kappa shape index (κ1) is 15.8. The second-order valence-corrected chi connectivity index (χ2v) is 6.62. The number of imide groups is 1. The number of nitrogens with zero attached hydrogens (tertiary/aromatic N) is 1. The molecule has 1 aromatic carbocycles.